The van der Waals surface area contributed by atoms with Crippen LogP contribution in [-0.2, 0) is 9.59 Å². The smallest absolute Gasteiger partial charge is 0.249 e. The van der Waals surface area contributed by atoms with Crippen LogP contribution in [0.3, 0.4) is 0 Å². The number of hydrogen-bond acceptors (Lipinski definition) is 4. The molecule has 2 saturated heterocycles. The van der Waals surface area contributed by atoms with Gasteiger partial charge in [0.05, 0.1) is 4.87 Å². The van der Waals surface area contributed by atoms with Crippen molar-refractivity contribution in [1.82, 2.24) is 14.3 Å². The number of carbonyl (C=O) groups excluding carboxylic acids is 2. The number of aromatic nitrogens is 2. The van der Waals surface area contributed by atoms with E-state index in [1.807, 2.05) is 59.1 Å². The molecule has 2 fully saturated rings. The third-order valence-corrected chi connectivity index (χ3v) is 7.07. The maximum atomic E-state index is 13.2. The predicted molar refractivity (Wildman–Crippen MR) is 110 cm³/mol. The van der Waals surface area contributed by atoms with Gasteiger partial charge >= 0.3 is 0 Å². The average molecular weight is 392 g/mol. The van der Waals surface area contributed by atoms with Crippen molar-refractivity contribution in [2.24, 2.45) is 0 Å². The minimum absolute atomic E-state index is 0.0640. The number of benzene rings is 1. The van der Waals surface area contributed by atoms with Gasteiger partial charge in [-0.05, 0) is 25.5 Å². The quantitative estimate of drug-likeness (QED) is 0.742. The molecule has 6 nitrogen and oxygen atoms in total. The second-order valence-electron chi connectivity index (χ2n) is 7.36. The molecule has 2 amide bonds. The highest BCUT2D eigenvalue weighted by Crippen LogP contribution is 2.47. The number of fused-ring (bicyclic) bond motifs is 2. The molecule has 0 bridgehead atoms. The zero-order chi connectivity index (χ0) is 19.3. The van der Waals surface area contributed by atoms with Crippen LogP contribution in [0.1, 0.15) is 19.8 Å². The van der Waals surface area contributed by atoms with E-state index in [0.717, 1.165) is 23.3 Å². The van der Waals surface area contributed by atoms with E-state index in [1.165, 1.54) is 0 Å². The molecule has 2 atom stereocenters. The Bertz CT molecular complexity index is 1080. The van der Waals surface area contributed by atoms with E-state index in [2.05, 4.69) is 12.2 Å². The first-order chi connectivity index (χ1) is 13.6. The van der Waals surface area contributed by atoms with Gasteiger partial charge in [-0.2, -0.15) is 0 Å². The molecule has 2 aliphatic rings. The average Bonchev–Trinajstić information content (AvgIpc) is 3.34. The summed E-state index contributed by atoms with van der Waals surface area (Å²) in [5.41, 5.74) is 2.42. The van der Waals surface area contributed by atoms with E-state index in [4.69, 9.17) is 4.98 Å². The van der Waals surface area contributed by atoms with E-state index >= 15 is 0 Å². The van der Waals surface area contributed by atoms with Gasteiger partial charge in [0.2, 0.25) is 11.8 Å². The SMILES string of the molecule is C[C@]12CCC(=O)N1[C@H](C(=O)Nc1c(-c3ccccc3)nc3ccccn13)CS2. The van der Waals surface area contributed by atoms with Gasteiger partial charge in [-0.15, -0.1) is 11.8 Å². The zero-order valence-electron chi connectivity index (χ0n) is 15.5. The Morgan fingerprint density at radius 1 is 1.21 bits per heavy atom. The van der Waals surface area contributed by atoms with Gasteiger partial charge in [0.25, 0.3) is 0 Å². The number of nitrogens with zero attached hydrogens (tertiary/aromatic N) is 3. The molecule has 0 spiro atoms. The summed E-state index contributed by atoms with van der Waals surface area (Å²) in [4.78, 5) is 31.8. The Balaban J connectivity index is 1.53. The van der Waals surface area contributed by atoms with Crippen LogP contribution in [0.5, 0.6) is 0 Å². The van der Waals surface area contributed by atoms with Crippen molar-refractivity contribution in [3.63, 3.8) is 0 Å². The van der Waals surface area contributed by atoms with Crippen LogP contribution in [0.15, 0.2) is 54.7 Å². The minimum Gasteiger partial charge on any atom is -0.315 e. The summed E-state index contributed by atoms with van der Waals surface area (Å²) >= 11 is 1.69. The third kappa shape index (κ3) is 2.61. The van der Waals surface area contributed by atoms with Gasteiger partial charge in [0, 0.05) is 23.9 Å². The van der Waals surface area contributed by atoms with Gasteiger partial charge in [-0.3, -0.25) is 14.0 Å². The minimum atomic E-state index is -0.456. The molecule has 28 heavy (non-hydrogen) atoms. The Morgan fingerprint density at radius 3 is 2.82 bits per heavy atom. The Labute approximate surface area is 166 Å². The Morgan fingerprint density at radius 2 is 2.00 bits per heavy atom. The van der Waals surface area contributed by atoms with Crippen LogP contribution in [0, 0.1) is 0 Å². The van der Waals surface area contributed by atoms with Gasteiger partial charge in [0.1, 0.15) is 23.2 Å². The Kier molecular flexibility index (Phi) is 3.94. The van der Waals surface area contributed by atoms with Crippen molar-refractivity contribution in [1.29, 1.82) is 0 Å². The van der Waals surface area contributed by atoms with Gasteiger partial charge < -0.3 is 10.2 Å². The Hall–Kier alpha value is -2.80. The van der Waals surface area contributed by atoms with E-state index in [0.29, 0.717) is 18.0 Å². The van der Waals surface area contributed by atoms with E-state index in [-0.39, 0.29) is 16.7 Å². The number of amides is 2. The molecule has 1 aromatic carbocycles. The topological polar surface area (TPSA) is 66.7 Å². The molecule has 7 heteroatoms. The molecule has 2 aliphatic heterocycles. The normalized spacial score (nSPS) is 24.0. The second kappa shape index (κ2) is 6.38. The summed E-state index contributed by atoms with van der Waals surface area (Å²) < 4.78 is 1.88. The van der Waals surface area contributed by atoms with Crippen LogP contribution >= 0.6 is 11.8 Å². The third-order valence-electron chi connectivity index (χ3n) is 5.57. The lowest BCUT2D eigenvalue weighted by molar-refractivity contribution is -0.135. The molecule has 0 radical (unpaired) electrons. The summed E-state index contributed by atoms with van der Waals surface area (Å²) in [6.07, 6.45) is 3.20. The molecule has 3 aromatic rings. The first kappa shape index (κ1) is 17.3. The number of anilines is 1. The van der Waals surface area contributed by atoms with Crippen LogP contribution in [0.2, 0.25) is 0 Å². The van der Waals surface area contributed by atoms with Crippen LogP contribution in [-0.4, -0.2) is 42.8 Å². The fraction of sp³-hybridized carbons (Fsp3) is 0.286. The summed E-state index contributed by atoms with van der Waals surface area (Å²) in [6, 6.07) is 15.1. The maximum absolute atomic E-state index is 13.2. The van der Waals surface area contributed by atoms with Crippen LogP contribution in [0.25, 0.3) is 16.9 Å². The summed E-state index contributed by atoms with van der Waals surface area (Å²) in [7, 11) is 0. The number of thioether (sulfide) groups is 1. The van der Waals surface area contributed by atoms with Crippen molar-refractivity contribution >= 4 is 35.0 Å². The predicted octanol–water partition coefficient (Wildman–Crippen LogP) is 3.39. The standard InChI is InChI=1S/C21H20N4O2S/c1-21-11-10-17(26)25(21)15(13-28-21)20(27)23-19-18(14-7-3-2-4-8-14)22-16-9-5-6-12-24(16)19/h2-9,12,15H,10-11,13H2,1H3,(H,23,27)/t15-,21-/m0/s1. The number of nitrogens with one attached hydrogen (secondary N) is 1. The van der Waals surface area contributed by atoms with Crippen molar-refractivity contribution in [2.75, 3.05) is 11.1 Å². The molecule has 5 rings (SSSR count). The highest BCUT2D eigenvalue weighted by molar-refractivity contribution is 8.01. The number of pyridine rings is 1. The lowest BCUT2D eigenvalue weighted by atomic mass is 10.1. The molecule has 0 unspecified atom stereocenters. The number of imidazole rings is 1. The van der Waals surface area contributed by atoms with Crippen molar-refractivity contribution in [3.05, 3.63) is 54.7 Å². The first-order valence-electron chi connectivity index (χ1n) is 9.36. The van der Waals surface area contributed by atoms with Crippen molar-refractivity contribution < 1.29 is 9.59 Å². The van der Waals surface area contributed by atoms with E-state index < -0.39 is 6.04 Å². The molecule has 4 heterocycles. The molecule has 142 valence electrons. The number of rotatable bonds is 3. The summed E-state index contributed by atoms with van der Waals surface area (Å²) in [5.74, 6) is 1.16. The van der Waals surface area contributed by atoms with Crippen LogP contribution in [0.4, 0.5) is 5.82 Å². The lowest BCUT2D eigenvalue weighted by Crippen LogP contribution is -2.48. The fourth-order valence-corrected chi connectivity index (χ4v) is 5.56. The van der Waals surface area contributed by atoms with Gasteiger partial charge in [-0.25, -0.2) is 4.98 Å². The van der Waals surface area contributed by atoms with Crippen molar-refractivity contribution in [3.8, 4) is 11.3 Å². The summed E-state index contributed by atoms with van der Waals surface area (Å²) in [5, 5.41) is 3.08. The van der Waals surface area contributed by atoms with E-state index in [1.54, 1.807) is 16.7 Å². The van der Waals surface area contributed by atoms with Crippen molar-refractivity contribution in [2.45, 2.75) is 30.7 Å². The zero-order valence-corrected chi connectivity index (χ0v) is 16.3. The molecular formula is C21H20N4O2S. The highest BCUT2D eigenvalue weighted by atomic mass is 32.2. The largest absolute Gasteiger partial charge is 0.315 e. The number of carbonyl (C=O) groups is 2. The van der Waals surface area contributed by atoms with Gasteiger partial charge in [0.15, 0.2) is 0 Å². The van der Waals surface area contributed by atoms with E-state index in [9.17, 15) is 9.59 Å². The monoisotopic (exact) mass is 392 g/mol. The molecule has 0 aliphatic carbocycles. The maximum Gasteiger partial charge on any atom is 0.249 e. The molecule has 2 aromatic heterocycles. The highest BCUT2D eigenvalue weighted by Gasteiger charge is 2.53. The molecule has 0 saturated carbocycles. The fourth-order valence-electron chi connectivity index (χ4n) is 4.13. The van der Waals surface area contributed by atoms with Gasteiger partial charge in [-0.1, -0.05) is 36.4 Å². The molecular weight excluding hydrogens is 372 g/mol. The van der Waals surface area contributed by atoms with Crippen LogP contribution < -0.4 is 5.32 Å². The number of hydrogen-bond donors (Lipinski definition) is 1. The second-order valence-corrected chi connectivity index (χ2v) is 8.86. The first-order valence-corrected chi connectivity index (χ1v) is 10.3. The summed E-state index contributed by atoms with van der Waals surface area (Å²) in [6.45, 7) is 2.06. The molecule has 1 N–H and O–H groups in total. The lowest BCUT2D eigenvalue weighted by Gasteiger charge is -2.29.